The van der Waals surface area contributed by atoms with Crippen LogP contribution in [0.3, 0.4) is 0 Å². The molecule has 2 atom stereocenters. The summed E-state index contributed by atoms with van der Waals surface area (Å²) in [5, 5.41) is 18.4. The van der Waals surface area contributed by atoms with Gasteiger partial charge < -0.3 is 24.7 Å². The highest BCUT2D eigenvalue weighted by atomic mass is 31.2. The van der Waals surface area contributed by atoms with Crippen molar-refractivity contribution in [2.45, 2.75) is 26.1 Å². The number of aliphatic hydroxyl groups excluding tert-OH is 2. The Morgan fingerprint density at radius 2 is 1.76 bits per heavy atom. The third-order valence-corrected chi connectivity index (χ3v) is 2.06. The molecule has 17 heavy (non-hydrogen) atoms. The number of rotatable bonds is 7. The lowest BCUT2D eigenvalue weighted by Gasteiger charge is -2.17. The van der Waals surface area contributed by atoms with Crippen LogP contribution in [0.25, 0.3) is 0 Å². The van der Waals surface area contributed by atoms with Gasteiger partial charge in [0.15, 0.2) is 6.10 Å². The zero-order valence-electron chi connectivity index (χ0n) is 9.52. The average Bonchev–Trinajstić information content (AvgIpc) is 2.20. The van der Waals surface area contributed by atoms with Crippen LogP contribution in [0.1, 0.15) is 13.8 Å². The van der Waals surface area contributed by atoms with E-state index in [0.29, 0.717) is 0 Å². The van der Waals surface area contributed by atoms with Gasteiger partial charge in [-0.1, -0.05) is 13.8 Å². The van der Waals surface area contributed by atoms with Crippen LogP contribution in [0.15, 0.2) is 0 Å². The summed E-state index contributed by atoms with van der Waals surface area (Å²) in [6.07, 6.45) is -3.66. The SMILES string of the molecule is CC(C)COC(=O)[C@@H](O)[C@H](O)COP(=O)(O)O. The van der Waals surface area contributed by atoms with E-state index in [2.05, 4.69) is 9.26 Å². The fraction of sp³-hybridized carbons (Fsp3) is 0.875. The molecule has 0 fully saturated rings. The zero-order valence-corrected chi connectivity index (χ0v) is 10.4. The van der Waals surface area contributed by atoms with E-state index < -0.39 is 32.6 Å². The normalized spacial score (nSPS) is 15.7. The first kappa shape index (κ1) is 16.5. The van der Waals surface area contributed by atoms with Crippen LogP contribution in [-0.2, 0) is 18.6 Å². The van der Waals surface area contributed by atoms with Crippen molar-refractivity contribution in [1.29, 1.82) is 0 Å². The van der Waals surface area contributed by atoms with E-state index in [0.717, 1.165) is 0 Å². The van der Waals surface area contributed by atoms with Gasteiger partial charge in [0.1, 0.15) is 6.10 Å². The molecule has 8 nitrogen and oxygen atoms in total. The van der Waals surface area contributed by atoms with Crippen molar-refractivity contribution < 1.29 is 38.6 Å². The monoisotopic (exact) mass is 272 g/mol. The average molecular weight is 272 g/mol. The molecule has 0 aromatic heterocycles. The summed E-state index contributed by atoms with van der Waals surface area (Å²) < 4.78 is 18.9. The van der Waals surface area contributed by atoms with E-state index in [1.165, 1.54) is 0 Å². The van der Waals surface area contributed by atoms with Gasteiger partial charge in [0, 0.05) is 0 Å². The Balaban J connectivity index is 4.07. The van der Waals surface area contributed by atoms with Crippen molar-refractivity contribution in [3.63, 3.8) is 0 Å². The number of phosphoric acid groups is 1. The first-order chi connectivity index (χ1) is 7.63. The van der Waals surface area contributed by atoms with Crippen LogP contribution in [0, 0.1) is 5.92 Å². The minimum Gasteiger partial charge on any atom is -0.463 e. The van der Waals surface area contributed by atoms with Crippen LogP contribution in [0.2, 0.25) is 0 Å². The topological polar surface area (TPSA) is 134 Å². The van der Waals surface area contributed by atoms with Crippen molar-refractivity contribution in [2.24, 2.45) is 5.92 Å². The van der Waals surface area contributed by atoms with E-state index in [9.17, 15) is 19.6 Å². The maximum Gasteiger partial charge on any atom is 0.469 e. The number of aliphatic hydroxyl groups is 2. The summed E-state index contributed by atoms with van der Waals surface area (Å²) in [4.78, 5) is 27.8. The van der Waals surface area contributed by atoms with Crippen molar-refractivity contribution >= 4 is 13.8 Å². The molecule has 102 valence electrons. The fourth-order valence-corrected chi connectivity index (χ4v) is 1.10. The van der Waals surface area contributed by atoms with Gasteiger partial charge in [-0.05, 0) is 5.92 Å². The van der Waals surface area contributed by atoms with Gasteiger partial charge >= 0.3 is 13.8 Å². The molecule has 0 aromatic rings. The van der Waals surface area contributed by atoms with E-state index in [4.69, 9.17) is 9.79 Å². The van der Waals surface area contributed by atoms with Gasteiger partial charge in [0.25, 0.3) is 0 Å². The Morgan fingerprint density at radius 1 is 1.24 bits per heavy atom. The molecule has 0 rings (SSSR count). The second-order valence-electron chi connectivity index (χ2n) is 3.82. The molecule has 0 saturated carbocycles. The van der Waals surface area contributed by atoms with Gasteiger partial charge in [0.2, 0.25) is 0 Å². The van der Waals surface area contributed by atoms with Gasteiger partial charge in [-0.2, -0.15) is 0 Å². The van der Waals surface area contributed by atoms with Crippen LogP contribution in [0.4, 0.5) is 0 Å². The standard InChI is InChI=1S/C8H17O8P/c1-5(2)3-15-8(11)7(10)6(9)4-16-17(12,13)14/h5-7,9-10H,3-4H2,1-2H3,(H2,12,13,14)/t6-,7+/m1/s1. The molecule has 0 aliphatic rings. The highest BCUT2D eigenvalue weighted by Gasteiger charge is 2.28. The smallest absolute Gasteiger partial charge is 0.463 e. The number of esters is 1. The Kier molecular flexibility index (Phi) is 6.84. The number of hydrogen-bond donors (Lipinski definition) is 4. The summed E-state index contributed by atoms with van der Waals surface area (Å²) in [5.41, 5.74) is 0. The van der Waals surface area contributed by atoms with Crippen LogP contribution >= 0.6 is 7.82 Å². The maximum absolute atomic E-state index is 11.1. The third-order valence-electron chi connectivity index (χ3n) is 1.58. The predicted molar refractivity (Wildman–Crippen MR) is 55.8 cm³/mol. The quantitative estimate of drug-likeness (QED) is 0.343. The molecule has 0 heterocycles. The first-order valence-electron chi connectivity index (χ1n) is 4.86. The summed E-state index contributed by atoms with van der Waals surface area (Å²) >= 11 is 0. The molecule has 4 N–H and O–H groups in total. The van der Waals surface area contributed by atoms with E-state index in [-0.39, 0.29) is 12.5 Å². The molecule has 0 unspecified atom stereocenters. The molecule has 0 bridgehead atoms. The predicted octanol–water partition coefficient (Wildman–Crippen LogP) is -0.983. The molecule has 0 aromatic carbocycles. The summed E-state index contributed by atoms with van der Waals surface area (Å²) in [5.74, 6) is -1.00. The fourth-order valence-electron chi connectivity index (χ4n) is 0.756. The molecular weight excluding hydrogens is 255 g/mol. The Bertz CT molecular complexity index is 285. The van der Waals surface area contributed by atoms with E-state index >= 15 is 0 Å². The second-order valence-corrected chi connectivity index (χ2v) is 5.06. The molecule has 9 heteroatoms. The molecule has 0 saturated heterocycles. The number of phosphoric ester groups is 1. The van der Waals surface area contributed by atoms with Crippen molar-refractivity contribution in [3.8, 4) is 0 Å². The second kappa shape index (κ2) is 7.05. The number of ether oxygens (including phenoxy) is 1. The number of hydrogen-bond acceptors (Lipinski definition) is 6. The highest BCUT2D eigenvalue weighted by Crippen LogP contribution is 2.35. The van der Waals surface area contributed by atoms with Crippen LogP contribution < -0.4 is 0 Å². The Morgan fingerprint density at radius 3 is 2.18 bits per heavy atom. The summed E-state index contributed by atoms with van der Waals surface area (Å²) in [6.45, 7) is 2.77. The Labute approximate surface area is 98.4 Å². The summed E-state index contributed by atoms with van der Waals surface area (Å²) in [7, 11) is -4.74. The Hall–Kier alpha value is -0.500. The third kappa shape index (κ3) is 8.25. The number of carbonyl (C=O) groups excluding carboxylic acids is 1. The largest absolute Gasteiger partial charge is 0.469 e. The van der Waals surface area contributed by atoms with Crippen molar-refractivity contribution in [1.82, 2.24) is 0 Å². The van der Waals surface area contributed by atoms with Gasteiger partial charge in [-0.15, -0.1) is 0 Å². The molecule has 0 radical (unpaired) electrons. The van der Waals surface area contributed by atoms with E-state index in [1.807, 2.05) is 0 Å². The van der Waals surface area contributed by atoms with Crippen LogP contribution in [-0.4, -0.2) is 51.4 Å². The molecule has 0 aliphatic heterocycles. The summed E-state index contributed by atoms with van der Waals surface area (Å²) in [6, 6.07) is 0. The van der Waals surface area contributed by atoms with Crippen molar-refractivity contribution in [3.05, 3.63) is 0 Å². The maximum atomic E-state index is 11.1. The first-order valence-corrected chi connectivity index (χ1v) is 6.39. The lowest BCUT2D eigenvalue weighted by Crippen LogP contribution is -2.38. The van der Waals surface area contributed by atoms with Crippen LogP contribution in [0.5, 0.6) is 0 Å². The lowest BCUT2D eigenvalue weighted by molar-refractivity contribution is -0.162. The highest BCUT2D eigenvalue weighted by molar-refractivity contribution is 7.46. The molecular formula is C8H17O8P. The van der Waals surface area contributed by atoms with Crippen molar-refractivity contribution in [2.75, 3.05) is 13.2 Å². The minimum absolute atomic E-state index is 0.0645. The minimum atomic E-state index is -4.74. The van der Waals surface area contributed by atoms with E-state index in [1.54, 1.807) is 13.8 Å². The van der Waals surface area contributed by atoms with Gasteiger partial charge in [-0.25, -0.2) is 9.36 Å². The lowest BCUT2D eigenvalue weighted by atomic mass is 10.2. The molecule has 0 amide bonds. The molecule has 0 aliphatic carbocycles. The van der Waals surface area contributed by atoms with Gasteiger partial charge in [-0.3, -0.25) is 4.52 Å². The molecule has 0 spiro atoms. The van der Waals surface area contributed by atoms with Gasteiger partial charge in [0.05, 0.1) is 13.2 Å². The zero-order chi connectivity index (χ0) is 13.6. The number of carbonyl (C=O) groups is 1.